The van der Waals surface area contributed by atoms with E-state index in [-0.39, 0.29) is 10.8 Å². The molecular weight excluding hydrogens is 244 g/mol. The Morgan fingerprint density at radius 2 is 1.70 bits per heavy atom. The molecule has 0 radical (unpaired) electrons. The molecule has 3 unspecified atom stereocenters. The normalized spacial score (nSPS) is 18.4. The average molecular weight is 280 g/mol. The highest BCUT2D eigenvalue weighted by Gasteiger charge is 2.42. The van der Waals surface area contributed by atoms with Crippen LogP contribution in [0.4, 0.5) is 0 Å². The van der Waals surface area contributed by atoms with Gasteiger partial charge in [-0.2, -0.15) is 0 Å². The van der Waals surface area contributed by atoms with Crippen LogP contribution in [0.3, 0.4) is 0 Å². The van der Waals surface area contributed by atoms with Crippen molar-refractivity contribution in [3.05, 3.63) is 12.7 Å². The molecule has 0 rings (SSSR count). The molecule has 0 aliphatic carbocycles. The first-order chi connectivity index (χ1) is 9.02. The molecule has 0 aliphatic heterocycles. The number of hydrogen-bond acceptors (Lipinski definition) is 1. The van der Waals surface area contributed by atoms with Crippen LogP contribution in [0.2, 0.25) is 0 Å². The van der Waals surface area contributed by atoms with Gasteiger partial charge in [-0.05, 0) is 28.7 Å². The number of nitrogens with zero attached hydrogens (tertiary/aromatic N) is 1. The first-order valence-corrected chi connectivity index (χ1v) is 7.88. The van der Waals surface area contributed by atoms with Crippen molar-refractivity contribution in [3.63, 3.8) is 0 Å². The molecule has 0 aromatic carbocycles. The summed E-state index contributed by atoms with van der Waals surface area (Å²) >= 11 is 0. The molecule has 0 aromatic heterocycles. The van der Waals surface area contributed by atoms with E-state index in [4.69, 9.17) is 0 Å². The zero-order chi connectivity index (χ0) is 16.1. The van der Waals surface area contributed by atoms with Gasteiger partial charge in [0, 0.05) is 13.1 Å². The van der Waals surface area contributed by atoms with Gasteiger partial charge in [-0.25, -0.2) is 0 Å². The lowest BCUT2D eigenvalue weighted by molar-refractivity contribution is 0.0337. The van der Waals surface area contributed by atoms with E-state index in [1.807, 2.05) is 13.1 Å². The van der Waals surface area contributed by atoms with Crippen LogP contribution in [0.25, 0.3) is 0 Å². The van der Waals surface area contributed by atoms with Crippen LogP contribution >= 0.6 is 0 Å². The van der Waals surface area contributed by atoms with E-state index in [2.05, 4.69) is 72.3 Å². The van der Waals surface area contributed by atoms with Gasteiger partial charge in [-0.1, -0.05) is 68.4 Å². The van der Waals surface area contributed by atoms with Crippen molar-refractivity contribution in [2.75, 3.05) is 7.05 Å². The van der Waals surface area contributed by atoms with Crippen LogP contribution in [-0.4, -0.2) is 18.9 Å². The lowest BCUT2D eigenvalue weighted by atomic mass is 9.59. The van der Waals surface area contributed by atoms with Gasteiger partial charge in [0.25, 0.3) is 0 Å². The predicted molar refractivity (Wildman–Crippen MR) is 92.3 cm³/mol. The van der Waals surface area contributed by atoms with Crippen molar-refractivity contribution in [2.45, 2.75) is 67.9 Å². The summed E-state index contributed by atoms with van der Waals surface area (Å²) in [6, 6.07) is 0.408. The smallest absolute Gasteiger partial charge is 0.120 e. The summed E-state index contributed by atoms with van der Waals surface area (Å²) in [6.45, 7) is 22.6. The maximum atomic E-state index is 4.28. The molecule has 0 aromatic rings. The highest BCUT2D eigenvalue weighted by atomic mass is 15.0. The third-order valence-corrected chi connectivity index (χ3v) is 5.62. The number of rotatable bonds is 6. The first-order valence-electron chi connectivity index (χ1n) is 7.88. The van der Waals surface area contributed by atoms with Crippen molar-refractivity contribution in [1.82, 2.24) is 5.32 Å². The van der Waals surface area contributed by atoms with Gasteiger partial charge >= 0.3 is 0 Å². The molecular formula is C18H36N2. The maximum Gasteiger partial charge on any atom is 0.120 e. The third-order valence-electron chi connectivity index (χ3n) is 5.62. The number of amidine groups is 1. The Morgan fingerprint density at radius 1 is 1.20 bits per heavy atom. The standard InChI is InChI=1S/C18H36N2/c1-11-13(3)16(20-15(12-2)19-10)14(4)18(8,9)17(5,6)7/h12-14,16H,2,11H2,1,3-10H3,(H,19,20). The predicted octanol–water partition coefficient (Wildman–Crippen LogP) is 4.91. The van der Waals surface area contributed by atoms with Gasteiger partial charge in [0.15, 0.2) is 0 Å². The van der Waals surface area contributed by atoms with Crippen LogP contribution in [0, 0.1) is 22.7 Å². The molecule has 0 bridgehead atoms. The average Bonchev–Trinajstić information content (AvgIpc) is 2.37. The molecule has 1 N–H and O–H groups in total. The molecule has 3 atom stereocenters. The lowest BCUT2D eigenvalue weighted by Gasteiger charge is -2.48. The second-order valence-corrected chi connectivity index (χ2v) is 7.63. The Morgan fingerprint density at radius 3 is 2.00 bits per heavy atom. The summed E-state index contributed by atoms with van der Waals surface area (Å²) in [7, 11) is 1.82. The topological polar surface area (TPSA) is 24.4 Å². The van der Waals surface area contributed by atoms with Gasteiger partial charge in [0.2, 0.25) is 0 Å². The lowest BCUT2D eigenvalue weighted by Crippen LogP contribution is -2.51. The molecule has 0 saturated heterocycles. The van der Waals surface area contributed by atoms with Crippen LogP contribution in [0.15, 0.2) is 17.6 Å². The van der Waals surface area contributed by atoms with E-state index in [1.165, 1.54) is 0 Å². The number of hydrogen-bond donors (Lipinski definition) is 1. The van der Waals surface area contributed by atoms with Crippen LogP contribution in [-0.2, 0) is 0 Å². The van der Waals surface area contributed by atoms with Gasteiger partial charge < -0.3 is 5.32 Å². The summed E-state index contributed by atoms with van der Waals surface area (Å²) in [5, 5.41) is 3.61. The van der Waals surface area contributed by atoms with Crippen molar-refractivity contribution >= 4 is 5.84 Å². The Kier molecular flexibility index (Phi) is 7.00. The molecule has 0 saturated carbocycles. The fourth-order valence-electron chi connectivity index (χ4n) is 2.53. The molecule has 0 amide bonds. The largest absolute Gasteiger partial charge is 0.367 e. The monoisotopic (exact) mass is 280 g/mol. The second kappa shape index (κ2) is 7.28. The highest BCUT2D eigenvalue weighted by Crippen LogP contribution is 2.46. The molecule has 0 spiro atoms. The zero-order valence-corrected chi connectivity index (χ0v) is 15.2. The van der Waals surface area contributed by atoms with Gasteiger partial charge in [-0.3, -0.25) is 4.99 Å². The fourth-order valence-corrected chi connectivity index (χ4v) is 2.53. The molecule has 2 nitrogen and oxygen atoms in total. The van der Waals surface area contributed by atoms with Crippen molar-refractivity contribution in [3.8, 4) is 0 Å². The van der Waals surface area contributed by atoms with Gasteiger partial charge in [-0.15, -0.1) is 0 Å². The number of nitrogens with one attached hydrogen (secondary N) is 1. The third kappa shape index (κ3) is 4.36. The Labute approximate surface area is 127 Å². The second-order valence-electron chi connectivity index (χ2n) is 7.63. The molecule has 0 heterocycles. The van der Waals surface area contributed by atoms with Gasteiger partial charge in [0.05, 0.1) is 0 Å². The van der Waals surface area contributed by atoms with E-state index in [0.717, 1.165) is 12.3 Å². The van der Waals surface area contributed by atoms with Crippen molar-refractivity contribution in [1.29, 1.82) is 0 Å². The highest BCUT2D eigenvalue weighted by molar-refractivity contribution is 5.92. The quantitative estimate of drug-likeness (QED) is 0.542. The summed E-state index contributed by atoms with van der Waals surface area (Å²) in [6.07, 6.45) is 2.97. The fraction of sp³-hybridized carbons (Fsp3) is 0.833. The van der Waals surface area contributed by atoms with E-state index in [1.54, 1.807) is 0 Å². The maximum absolute atomic E-state index is 4.28. The zero-order valence-electron chi connectivity index (χ0n) is 15.2. The summed E-state index contributed by atoms with van der Waals surface area (Å²) in [5.74, 6) is 2.03. The van der Waals surface area contributed by atoms with Crippen LogP contribution in [0.1, 0.15) is 61.8 Å². The van der Waals surface area contributed by atoms with Gasteiger partial charge in [0.1, 0.15) is 5.84 Å². The molecule has 0 fully saturated rings. The molecule has 0 aliphatic rings. The van der Waals surface area contributed by atoms with E-state index in [0.29, 0.717) is 17.9 Å². The first kappa shape index (κ1) is 19.2. The molecule has 20 heavy (non-hydrogen) atoms. The van der Waals surface area contributed by atoms with E-state index >= 15 is 0 Å². The molecule has 2 heteroatoms. The Balaban J connectivity index is 5.39. The van der Waals surface area contributed by atoms with Crippen LogP contribution in [0.5, 0.6) is 0 Å². The van der Waals surface area contributed by atoms with Crippen molar-refractivity contribution < 1.29 is 0 Å². The van der Waals surface area contributed by atoms with E-state index < -0.39 is 0 Å². The summed E-state index contributed by atoms with van der Waals surface area (Å²) in [5.41, 5.74) is 0.492. The summed E-state index contributed by atoms with van der Waals surface area (Å²) in [4.78, 5) is 4.28. The number of aliphatic imine (C=N–C) groups is 1. The SMILES string of the molecule is C=CC(=NC)NC(C(C)CC)C(C)C(C)(C)C(C)(C)C. The van der Waals surface area contributed by atoms with Crippen LogP contribution < -0.4 is 5.32 Å². The minimum absolute atomic E-state index is 0.230. The Bertz CT molecular complexity index is 334. The Hall–Kier alpha value is -0.790. The van der Waals surface area contributed by atoms with Crippen molar-refractivity contribution in [2.24, 2.45) is 27.7 Å². The van der Waals surface area contributed by atoms with E-state index in [9.17, 15) is 0 Å². The summed E-state index contributed by atoms with van der Waals surface area (Å²) < 4.78 is 0. The minimum Gasteiger partial charge on any atom is -0.367 e. The minimum atomic E-state index is 0.230. The molecule has 118 valence electrons.